The summed E-state index contributed by atoms with van der Waals surface area (Å²) in [6.45, 7) is 0. The molecule has 3 nitrogen and oxygen atoms in total. The summed E-state index contributed by atoms with van der Waals surface area (Å²) in [7, 11) is 3.98. The SMILES string of the molecule is CN(C)c1ccc(-c2nc(Cl)cc(Cl)n2)cc1. The number of hydrogen-bond donors (Lipinski definition) is 0. The fourth-order valence-electron chi connectivity index (χ4n) is 1.43. The van der Waals surface area contributed by atoms with Gasteiger partial charge in [0.2, 0.25) is 0 Å². The maximum Gasteiger partial charge on any atom is 0.162 e. The minimum absolute atomic E-state index is 0.344. The second-order valence-corrected chi connectivity index (χ2v) is 4.55. The zero-order valence-electron chi connectivity index (χ0n) is 9.48. The topological polar surface area (TPSA) is 29.0 Å². The molecule has 2 aromatic rings. The average Bonchev–Trinajstić information content (AvgIpc) is 2.28. The predicted molar refractivity (Wildman–Crippen MR) is 71.8 cm³/mol. The number of nitrogens with zero attached hydrogens (tertiary/aromatic N) is 3. The van der Waals surface area contributed by atoms with Crippen LogP contribution in [0.2, 0.25) is 10.3 Å². The van der Waals surface area contributed by atoms with Gasteiger partial charge in [0.25, 0.3) is 0 Å². The highest BCUT2D eigenvalue weighted by atomic mass is 35.5. The number of benzene rings is 1. The van der Waals surface area contributed by atoms with E-state index in [0.29, 0.717) is 16.1 Å². The average molecular weight is 268 g/mol. The van der Waals surface area contributed by atoms with Crippen LogP contribution in [0.4, 0.5) is 5.69 Å². The van der Waals surface area contributed by atoms with Crippen LogP contribution in [0.15, 0.2) is 30.3 Å². The third-order valence-corrected chi connectivity index (χ3v) is 2.69. The Morgan fingerprint density at radius 3 is 1.94 bits per heavy atom. The first-order valence-corrected chi connectivity index (χ1v) is 5.80. The lowest BCUT2D eigenvalue weighted by molar-refractivity contribution is 1.13. The zero-order valence-corrected chi connectivity index (χ0v) is 11.0. The van der Waals surface area contributed by atoms with Crippen molar-refractivity contribution in [2.75, 3.05) is 19.0 Å². The third-order valence-electron chi connectivity index (χ3n) is 2.31. The smallest absolute Gasteiger partial charge is 0.162 e. The molecule has 0 aliphatic carbocycles. The van der Waals surface area contributed by atoms with Crippen molar-refractivity contribution in [3.05, 3.63) is 40.6 Å². The molecule has 0 radical (unpaired) electrons. The first kappa shape index (κ1) is 12.1. The summed E-state index contributed by atoms with van der Waals surface area (Å²) in [5.74, 6) is 0.535. The van der Waals surface area contributed by atoms with Gasteiger partial charge in [0, 0.05) is 31.4 Å². The molecule has 0 amide bonds. The van der Waals surface area contributed by atoms with Crippen molar-refractivity contribution < 1.29 is 0 Å². The highest BCUT2D eigenvalue weighted by molar-refractivity contribution is 6.33. The van der Waals surface area contributed by atoms with Crippen molar-refractivity contribution in [2.24, 2.45) is 0 Å². The Morgan fingerprint density at radius 1 is 0.941 bits per heavy atom. The van der Waals surface area contributed by atoms with Gasteiger partial charge in [-0.15, -0.1) is 0 Å². The van der Waals surface area contributed by atoms with E-state index in [1.54, 1.807) is 0 Å². The standard InChI is InChI=1S/C12H11Cl2N3/c1-17(2)9-5-3-8(4-6-9)12-15-10(13)7-11(14)16-12/h3-7H,1-2H3. The molecule has 0 aliphatic heterocycles. The van der Waals surface area contributed by atoms with Crippen molar-refractivity contribution in [3.63, 3.8) is 0 Å². The van der Waals surface area contributed by atoms with E-state index in [2.05, 4.69) is 9.97 Å². The van der Waals surface area contributed by atoms with Gasteiger partial charge in [0.15, 0.2) is 5.82 Å². The molecule has 0 atom stereocenters. The van der Waals surface area contributed by atoms with Crippen LogP contribution in [-0.2, 0) is 0 Å². The molecule has 5 heteroatoms. The van der Waals surface area contributed by atoms with Gasteiger partial charge in [-0.1, -0.05) is 23.2 Å². The monoisotopic (exact) mass is 267 g/mol. The van der Waals surface area contributed by atoms with Gasteiger partial charge < -0.3 is 4.90 Å². The molecule has 0 spiro atoms. The summed E-state index contributed by atoms with van der Waals surface area (Å²) in [4.78, 5) is 10.3. The van der Waals surface area contributed by atoms with Crippen molar-refractivity contribution in [1.29, 1.82) is 0 Å². The van der Waals surface area contributed by atoms with Crippen molar-refractivity contribution in [3.8, 4) is 11.4 Å². The lowest BCUT2D eigenvalue weighted by Gasteiger charge is -2.12. The predicted octanol–water partition coefficient (Wildman–Crippen LogP) is 3.52. The molecule has 0 saturated carbocycles. The van der Waals surface area contributed by atoms with Gasteiger partial charge >= 0.3 is 0 Å². The van der Waals surface area contributed by atoms with Crippen LogP contribution < -0.4 is 4.90 Å². The van der Waals surface area contributed by atoms with Crippen LogP contribution in [-0.4, -0.2) is 24.1 Å². The minimum Gasteiger partial charge on any atom is -0.378 e. The van der Waals surface area contributed by atoms with Crippen molar-refractivity contribution in [1.82, 2.24) is 9.97 Å². The molecule has 0 N–H and O–H groups in total. The molecule has 1 aromatic heterocycles. The summed E-state index contributed by atoms with van der Waals surface area (Å²) >= 11 is 11.7. The Hall–Kier alpha value is -1.32. The van der Waals surface area contributed by atoms with Gasteiger partial charge in [-0.2, -0.15) is 0 Å². The molecular formula is C12H11Cl2N3. The summed E-state index contributed by atoms with van der Waals surface area (Å²) in [5.41, 5.74) is 2.00. The quantitative estimate of drug-likeness (QED) is 0.780. The van der Waals surface area contributed by atoms with Crippen LogP contribution >= 0.6 is 23.2 Å². The normalized spacial score (nSPS) is 10.4. The number of hydrogen-bond acceptors (Lipinski definition) is 3. The second kappa shape index (κ2) is 4.90. The van der Waals surface area contributed by atoms with E-state index >= 15 is 0 Å². The van der Waals surface area contributed by atoms with E-state index in [1.807, 2.05) is 43.3 Å². The number of halogens is 2. The minimum atomic E-state index is 0.344. The summed E-state index contributed by atoms with van der Waals surface area (Å²) < 4.78 is 0. The molecule has 1 heterocycles. The molecule has 88 valence electrons. The van der Waals surface area contributed by atoms with E-state index in [9.17, 15) is 0 Å². The second-order valence-electron chi connectivity index (χ2n) is 3.78. The lowest BCUT2D eigenvalue weighted by atomic mass is 10.2. The molecule has 2 rings (SSSR count). The number of rotatable bonds is 2. The first-order valence-electron chi connectivity index (χ1n) is 5.04. The highest BCUT2D eigenvalue weighted by Crippen LogP contribution is 2.22. The van der Waals surface area contributed by atoms with Gasteiger partial charge in [0.1, 0.15) is 10.3 Å². The molecule has 0 saturated heterocycles. The Bertz CT molecular complexity index is 504. The maximum absolute atomic E-state index is 5.84. The van der Waals surface area contributed by atoms with Crippen LogP contribution in [0.25, 0.3) is 11.4 Å². The molecule has 1 aromatic carbocycles. The molecular weight excluding hydrogens is 257 g/mol. The number of anilines is 1. The van der Waals surface area contributed by atoms with E-state index in [-0.39, 0.29) is 0 Å². The van der Waals surface area contributed by atoms with Gasteiger partial charge in [0.05, 0.1) is 0 Å². The van der Waals surface area contributed by atoms with Gasteiger partial charge in [-0.05, 0) is 24.3 Å². The third kappa shape index (κ3) is 2.87. The van der Waals surface area contributed by atoms with E-state index in [0.717, 1.165) is 11.3 Å². The van der Waals surface area contributed by atoms with Crippen LogP contribution in [0, 0.1) is 0 Å². The van der Waals surface area contributed by atoms with Gasteiger partial charge in [-0.3, -0.25) is 0 Å². The summed E-state index contributed by atoms with van der Waals surface area (Å²) in [6, 6.07) is 9.39. The fourth-order valence-corrected chi connectivity index (χ4v) is 1.85. The van der Waals surface area contributed by atoms with E-state index < -0.39 is 0 Å². The van der Waals surface area contributed by atoms with Crippen molar-refractivity contribution in [2.45, 2.75) is 0 Å². The fraction of sp³-hybridized carbons (Fsp3) is 0.167. The highest BCUT2D eigenvalue weighted by Gasteiger charge is 2.05. The van der Waals surface area contributed by atoms with E-state index in [4.69, 9.17) is 23.2 Å². The Labute approximate surface area is 110 Å². The lowest BCUT2D eigenvalue weighted by Crippen LogP contribution is -2.08. The summed E-state index contributed by atoms with van der Waals surface area (Å²) in [6.07, 6.45) is 0. The van der Waals surface area contributed by atoms with Crippen molar-refractivity contribution >= 4 is 28.9 Å². The summed E-state index contributed by atoms with van der Waals surface area (Å²) in [5, 5.41) is 0.688. The maximum atomic E-state index is 5.84. The molecule has 0 fully saturated rings. The van der Waals surface area contributed by atoms with Crippen LogP contribution in [0.3, 0.4) is 0 Å². The molecule has 17 heavy (non-hydrogen) atoms. The Balaban J connectivity index is 2.39. The van der Waals surface area contributed by atoms with Crippen LogP contribution in [0.1, 0.15) is 0 Å². The molecule has 0 bridgehead atoms. The molecule has 0 aliphatic rings. The zero-order chi connectivity index (χ0) is 12.4. The largest absolute Gasteiger partial charge is 0.378 e. The van der Waals surface area contributed by atoms with E-state index in [1.165, 1.54) is 6.07 Å². The Kier molecular flexibility index (Phi) is 3.50. The molecule has 0 unspecified atom stereocenters. The van der Waals surface area contributed by atoms with Gasteiger partial charge in [-0.25, -0.2) is 9.97 Å². The van der Waals surface area contributed by atoms with Crippen LogP contribution in [0.5, 0.6) is 0 Å². The first-order chi connectivity index (χ1) is 8.06. The Morgan fingerprint density at radius 2 is 1.47 bits per heavy atom. The number of aromatic nitrogens is 2.